The highest BCUT2D eigenvalue weighted by atomic mass is 32.1. The molecule has 1 aliphatic rings. The minimum Gasteiger partial charge on any atom is -0.445 e. The number of amides is 11. The van der Waals surface area contributed by atoms with Crippen LogP contribution in [0.5, 0.6) is 0 Å². The Hall–Kier alpha value is -7.83. The van der Waals surface area contributed by atoms with Gasteiger partial charge in [-0.15, -0.1) is 11.3 Å². The van der Waals surface area contributed by atoms with Crippen LogP contribution in [0.4, 0.5) is 15.3 Å². The smallest absolute Gasteiger partial charge is 0.408 e. The fourth-order valence-electron chi connectivity index (χ4n) is 11.5. The van der Waals surface area contributed by atoms with Gasteiger partial charge in [0.15, 0.2) is 6.10 Å². The van der Waals surface area contributed by atoms with Crippen molar-refractivity contribution >= 4 is 76.4 Å². The summed E-state index contributed by atoms with van der Waals surface area (Å²) in [6, 6.07) is 9.15. The number of ether oxygens (including phenoxy) is 3. The molecule has 1 aromatic heterocycles. The summed E-state index contributed by atoms with van der Waals surface area (Å²) in [5, 5.41) is 43.3. The maximum Gasteiger partial charge on any atom is 0.408 e. The van der Waals surface area contributed by atoms with E-state index in [2.05, 4.69) is 47.5 Å². The van der Waals surface area contributed by atoms with Crippen molar-refractivity contribution in [1.29, 1.82) is 0 Å². The Morgan fingerprint density at radius 3 is 2.01 bits per heavy atom. The Morgan fingerprint density at radius 2 is 1.43 bits per heavy atom. The van der Waals surface area contributed by atoms with Crippen LogP contribution in [0, 0.1) is 23.7 Å². The van der Waals surface area contributed by atoms with E-state index in [-0.39, 0.29) is 68.3 Å². The molecule has 2 heterocycles. The van der Waals surface area contributed by atoms with E-state index in [9.17, 15) is 58.2 Å². The number of methoxy groups -OCH3 is 2. The minimum absolute atomic E-state index is 0.0144. The van der Waals surface area contributed by atoms with E-state index in [4.69, 9.17) is 25.7 Å². The zero-order chi connectivity index (χ0) is 71.4. The molecule has 3 aromatic rings. The van der Waals surface area contributed by atoms with Crippen LogP contribution in [0.15, 0.2) is 66.2 Å². The van der Waals surface area contributed by atoms with Gasteiger partial charge in [-0.05, 0) is 113 Å². The molecule has 0 unspecified atom stereocenters. The first kappa shape index (κ1) is 80.6. The van der Waals surface area contributed by atoms with Crippen LogP contribution in [0.25, 0.3) is 0 Å². The number of likely N-dealkylation sites (tertiary alicyclic amines) is 1. The van der Waals surface area contributed by atoms with Crippen LogP contribution in [-0.4, -0.2) is 192 Å². The van der Waals surface area contributed by atoms with Crippen molar-refractivity contribution in [2.45, 2.75) is 199 Å². The lowest BCUT2D eigenvalue weighted by Crippen LogP contribution is -2.62. The fraction of sp³-hybridized carbons (Fsp3) is 0.627. The number of benzene rings is 2. The van der Waals surface area contributed by atoms with Crippen molar-refractivity contribution < 1.29 is 72.4 Å². The van der Waals surface area contributed by atoms with E-state index < -0.39 is 132 Å². The van der Waals surface area contributed by atoms with Gasteiger partial charge in [0.05, 0.1) is 49.3 Å². The van der Waals surface area contributed by atoms with Gasteiger partial charge >= 0.3 is 12.1 Å². The van der Waals surface area contributed by atoms with Crippen LogP contribution in [0.1, 0.15) is 142 Å². The third-order valence-corrected chi connectivity index (χ3v) is 18.2. The number of hydrogen-bond donors (Lipinski definition) is 12. The topological polar surface area (TPSA) is 406 Å². The SMILES string of the molecule is CC[C@H](C)[C@@H]([C@@H](CC(=O)N1CCC[C@H]1[C@H](OC)[C@@H](C)C(=O)N[C@@H](Cc1ccccc1)c1nccs1)OC)N(C)C(=O)[C@@H](NC(=O)C(C)(C)NC(=O)OCc1ccc(NC(=O)[C@H](CCCNC(N)=O)NC(=O)[C@@H](NC(=O)[C@H](CCCCN)NC(=O)[C@@H](O)CO)C(C)C)cc1)C(C)C. The highest BCUT2D eigenvalue weighted by Crippen LogP contribution is 2.31. The van der Waals surface area contributed by atoms with E-state index in [0.29, 0.717) is 57.2 Å². The number of alkyl carbamates (subject to hydrolysis) is 1. The van der Waals surface area contributed by atoms with Gasteiger partial charge in [-0.2, -0.15) is 0 Å². The first-order valence-corrected chi connectivity index (χ1v) is 33.8. The van der Waals surface area contributed by atoms with Crippen LogP contribution in [0.3, 0.4) is 0 Å². The lowest BCUT2D eigenvalue weighted by atomic mass is 9.89. The molecule has 0 spiro atoms. The number of unbranched alkanes of at least 4 members (excludes halogenated alkanes) is 1. The molecule has 11 amide bonds. The van der Waals surface area contributed by atoms with Crippen molar-refractivity contribution in [2.75, 3.05) is 52.8 Å². The minimum atomic E-state index is -1.79. The number of carbonyl (C=O) groups is 10. The van der Waals surface area contributed by atoms with Gasteiger partial charge in [-0.3, -0.25) is 38.4 Å². The van der Waals surface area contributed by atoms with Gasteiger partial charge in [-0.1, -0.05) is 97.4 Å². The molecule has 534 valence electrons. The standard InChI is InChI=1S/C67H105N13O15S/c1-13-41(6)55(51(93-11)36-52(83)80-33-20-25-49(80)56(94-12)42(7)57(84)75-48(62-70-32-34-96-62)35-43-21-15-14-16-22-43)79(10)63(89)54(40(4)5)77-64(90)67(8,9)78-66(92)95-38-44-26-28-45(29-27-44)72-58(85)47(24-19-31-71-65(69)91)74-61(88)53(39(2)3)76-59(86)46(23-17-18-30-68)73-60(87)50(82)37-81/h14-16,21-22,26-29,32,34,39-42,46-51,53-56,81-82H,13,17-20,23-25,30-31,33,35-38,68H2,1-12H3,(H,72,85)(H,73,87)(H,74,88)(H,75,84)(H,76,86)(H,77,90)(H,78,92)(H3,69,71,91)/t41-,42+,46-,47-,48-,49-,50-,51+,53-,54-,55-,56+/m0/s1. The van der Waals surface area contributed by atoms with Crippen molar-refractivity contribution in [1.82, 2.24) is 52.0 Å². The molecule has 29 heteroatoms. The molecule has 2 aromatic carbocycles. The number of hydrogen-bond acceptors (Lipinski definition) is 18. The van der Waals surface area contributed by atoms with Crippen LogP contribution >= 0.6 is 11.3 Å². The average molecular weight is 1360 g/mol. The number of anilines is 1. The number of aliphatic hydroxyl groups excluding tert-OH is 2. The molecule has 12 atom stereocenters. The highest BCUT2D eigenvalue weighted by molar-refractivity contribution is 7.09. The predicted octanol–water partition coefficient (Wildman–Crippen LogP) is 3.29. The largest absolute Gasteiger partial charge is 0.445 e. The van der Waals surface area contributed by atoms with Crippen LogP contribution < -0.4 is 54.0 Å². The number of urea groups is 1. The van der Waals surface area contributed by atoms with Crippen LogP contribution in [-0.2, 0) is 65.6 Å². The molecule has 0 saturated carbocycles. The van der Waals surface area contributed by atoms with Gasteiger partial charge in [-0.25, -0.2) is 14.6 Å². The first-order valence-electron chi connectivity index (χ1n) is 33.0. The maximum absolute atomic E-state index is 14.7. The van der Waals surface area contributed by atoms with Gasteiger partial charge in [0.2, 0.25) is 41.4 Å². The number of aromatic nitrogens is 1. The Kier molecular flexibility index (Phi) is 33.6. The number of nitrogens with zero attached hydrogens (tertiary/aromatic N) is 3. The molecule has 1 fully saturated rings. The number of primary amides is 1. The second kappa shape index (κ2) is 40.0. The van der Waals surface area contributed by atoms with Gasteiger partial charge in [0.25, 0.3) is 5.91 Å². The van der Waals surface area contributed by atoms with Gasteiger partial charge < -0.3 is 88.2 Å². The number of nitrogens with two attached hydrogens (primary N) is 2. The Bertz CT molecular complexity index is 2980. The van der Waals surface area contributed by atoms with Crippen molar-refractivity contribution in [3.8, 4) is 0 Å². The number of thiazole rings is 1. The van der Waals surface area contributed by atoms with Crippen molar-refractivity contribution in [2.24, 2.45) is 35.1 Å². The normalized spacial score (nSPS) is 16.6. The van der Waals surface area contributed by atoms with E-state index in [0.717, 1.165) is 10.6 Å². The average Bonchev–Trinajstić information content (AvgIpc) is 1.21. The lowest BCUT2D eigenvalue weighted by Gasteiger charge is -2.41. The molecule has 1 saturated heterocycles. The molecule has 96 heavy (non-hydrogen) atoms. The number of nitrogens with one attached hydrogen (secondary N) is 8. The summed E-state index contributed by atoms with van der Waals surface area (Å²) in [6.07, 6.45) is 1.18. The van der Waals surface area contributed by atoms with Crippen LogP contribution in [0.2, 0.25) is 0 Å². The summed E-state index contributed by atoms with van der Waals surface area (Å²) < 4.78 is 17.7. The molecule has 1 aliphatic heterocycles. The zero-order valence-corrected chi connectivity index (χ0v) is 58.5. The first-order chi connectivity index (χ1) is 45.5. The van der Waals surface area contributed by atoms with Crippen molar-refractivity contribution in [3.63, 3.8) is 0 Å². The summed E-state index contributed by atoms with van der Waals surface area (Å²) in [6.45, 7) is 15.2. The Balaban J connectivity index is 1.39. The van der Waals surface area contributed by atoms with E-state index in [1.54, 1.807) is 72.0 Å². The summed E-state index contributed by atoms with van der Waals surface area (Å²) in [5.41, 5.74) is 11.1. The third-order valence-electron chi connectivity index (χ3n) is 17.3. The second-order valence-corrected chi connectivity index (χ2v) is 26.6. The number of rotatable bonds is 40. The third kappa shape index (κ3) is 24.7. The second-order valence-electron chi connectivity index (χ2n) is 25.7. The highest BCUT2D eigenvalue weighted by Gasteiger charge is 2.44. The summed E-state index contributed by atoms with van der Waals surface area (Å²) >= 11 is 1.46. The Labute approximate surface area is 568 Å². The summed E-state index contributed by atoms with van der Waals surface area (Å²) in [5.74, 6) is -6.49. The van der Waals surface area contributed by atoms with Gasteiger partial charge in [0.1, 0.15) is 41.3 Å². The number of carbonyl (C=O) groups excluding carboxylic acids is 10. The zero-order valence-electron chi connectivity index (χ0n) is 57.6. The monoisotopic (exact) mass is 1360 g/mol. The Morgan fingerprint density at radius 1 is 0.781 bits per heavy atom. The predicted molar refractivity (Wildman–Crippen MR) is 362 cm³/mol. The van der Waals surface area contributed by atoms with Crippen molar-refractivity contribution in [3.05, 3.63) is 82.3 Å². The summed E-state index contributed by atoms with van der Waals surface area (Å²) in [4.78, 5) is 144. The molecular formula is C67H105N13O15S. The molecule has 28 nitrogen and oxygen atoms in total. The van der Waals surface area contributed by atoms with E-state index in [1.165, 1.54) is 49.3 Å². The quantitative estimate of drug-likeness (QED) is 0.0363. The maximum atomic E-state index is 14.7. The number of likely N-dealkylation sites (N-methyl/N-ethyl adjacent to an activating group) is 1. The van der Waals surface area contributed by atoms with E-state index >= 15 is 0 Å². The number of aliphatic hydroxyl groups is 2. The molecule has 0 bridgehead atoms. The molecule has 0 radical (unpaired) electrons. The van der Waals surface area contributed by atoms with Gasteiger partial charge in [0, 0.05) is 51.6 Å². The lowest BCUT2D eigenvalue weighted by molar-refractivity contribution is -0.148. The summed E-state index contributed by atoms with van der Waals surface area (Å²) in [7, 11) is 4.67. The molecule has 14 N–H and O–H groups in total. The molecule has 0 aliphatic carbocycles. The molecule has 4 rings (SSSR count). The fourth-order valence-corrected chi connectivity index (χ4v) is 12.2. The van der Waals surface area contributed by atoms with E-state index in [1.807, 2.05) is 49.6 Å². The molecular weight excluding hydrogens is 1260 g/mol.